The van der Waals surface area contributed by atoms with Crippen LogP contribution in [0.5, 0.6) is 0 Å². The minimum absolute atomic E-state index is 0.205. The summed E-state index contributed by atoms with van der Waals surface area (Å²) in [5, 5.41) is 8.94. The maximum Gasteiger partial charge on any atom is 0.331 e. The monoisotopic (exact) mass is 245 g/mol. The number of carboxylic acid groups (broad SMARTS) is 1. The highest BCUT2D eigenvalue weighted by molar-refractivity contribution is 5.82. The zero-order valence-corrected chi connectivity index (χ0v) is 10.7. The van der Waals surface area contributed by atoms with Crippen LogP contribution < -0.4 is 5.90 Å². The summed E-state index contributed by atoms with van der Waals surface area (Å²) >= 11 is 0. The van der Waals surface area contributed by atoms with Crippen molar-refractivity contribution in [2.45, 2.75) is 58.8 Å². The van der Waals surface area contributed by atoms with Crippen molar-refractivity contribution in [2.75, 3.05) is 0 Å². The first-order chi connectivity index (χ1) is 8.02. The zero-order chi connectivity index (χ0) is 13.3. The molecule has 0 aliphatic carbocycles. The quantitative estimate of drug-likeness (QED) is 0.608. The second-order valence-electron chi connectivity index (χ2n) is 4.46. The van der Waals surface area contributed by atoms with E-state index in [2.05, 4.69) is 4.84 Å². The number of carbonyl (C=O) groups is 2. The van der Waals surface area contributed by atoms with E-state index >= 15 is 0 Å². The van der Waals surface area contributed by atoms with Gasteiger partial charge in [-0.2, -0.15) is 5.90 Å². The molecule has 0 unspecified atom stereocenters. The van der Waals surface area contributed by atoms with Gasteiger partial charge >= 0.3 is 11.9 Å². The van der Waals surface area contributed by atoms with Crippen molar-refractivity contribution in [1.82, 2.24) is 0 Å². The Labute approximate surface area is 102 Å². The molecule has 0 aliphatic heterocycles. The van der Waals surface area contributed by atoms with Gasteiger partial charge < -0.3 is 9.94 Å². The van der Waals surface area contributed by atoms with E-state index in [4.69, 9.17) is 11.0 Å². The van der Waals surface area contributed by atoms with Gasteiger partial charge in [0.25, 0.3) is 0 Å². The predicted octanol–water partition coefficient (Wildman–Crippen LogP) is 2.24. The Morgan fingerprint density at radius 3 is 1.94 bits per heavy atom. The normalized spacial score (nSPS) is 11.2. The summed E-state index contributed by atoms with van der Waals surface area (Å²) in [4.78, 5) is 27.0. The zero-order valence-electron chi connectivity index (χ0n) is 10.7. The molecule has 0 aliphatic rings. The first-order valence-electron chi connectivity index (χ1n) is 6.15. The van der Waals surface area contributed by atoms with Crippen molar-refractivity contribution in [2.24, 2.45) is 11.3 Å². The van der Waals surface area contributed by atoms with Gasteiger partial charge in [-0.25, -0.2) is 4.79 Å². The molecule has 0 heterocycles. The van der Waals surface area contributed by atoms with Crippen molar-refractivity contribution in [3.8, 4) is 0 Å². The molecule has 0 atom stereocenters. The SMILES string of the molecule is CCCCC(CCCC)(CC(=O)O)C(=O)ON. The van der Waals surface area contributed by atoms with E-state index in [0.717, 1.165) is 25.7 Å². The van der Waals surface area contributed by atoms with Gasteiger partial charge in [-0.15, -0.1) is 0 Å². The van der Waals surface area contributed by atoms with E-state index in [0.29, 0.717) is 12.8 Å². The van der Waals surface area contributed by atoms with E-state index in [1.165, 1.54) is 0 Å². The Morgan fingerprint density at radius 1 is 1.18 bits per heavy atom. The molecule has 0 amide bonds. The third-order valence-corrected chi connectivity index (χ3v) is 3.05. The molecule has 0 spiro atoms. The standard InChI is InChI=1S/C12H23NO4/c1-3-5-7-12(8-6-4-2,9-10(14)15)11(16)17-13/h3-9,13H2,1-2H3,(H,14,15). The molecule has 0 aromatic heterocycles. The molecule has 17 heavy (non-hydrogen) atoms. The molecule has 0 aromatic carbocycles. The minimum atomic E-state index is -0.984. The average Bonchev–Trinajstić information content (AvgIpc) is 2.31. The van der Waals surface area contributed by atoms with Crippen LogP contribution in [0.2, 0.25) is 0 Å². The van der Waals surface area contributed by atoms with E-state index in [-0.39, 0.29) is 6.42 Å². The predicted molar refractivity (Wildman–Crippen MR) is 64.0 cm³/mol. The number of hydrogen-bond acceptors (Lipinski definition) is 4. The number of carbonyl (C=O) groups excluding carboxylic acids is 1. The van der Waals surface area contributed by atoms with Crippen LogP contribution in [0.15, 0.2) is 0 Å². The molecule has 3 N–H and O–H groups in total. The lowest BCUT2D eigenvalue weighted by Crippen LogP contribution is -2.37. The third-order valence-electron chi connectivity index (χ3n) is 3.05. The lowest BCUT2D eigenvalue weighted by Gasteiger charge is -2.28. The van der Waals surface area contributed by atoms with Gasteiger partial charge in [0.1, 0.15) is 0 Å². The Kier molecular flexibility index (Phi) is 7.54. The summed E-state index contributed by atoms with van der Waals surface area (Å²) < 4.78 is 0. The van der Waals surface area contributed by atoms with Gasteiger partial charge in [0.15, 0.2) is 0 Å². The van der Waals surface area contributed by atoms with E-state index < -0.39 is 17.4 Å². The second-order valence-corrected chi connectivity index (χ2v) is 4.46. The number of rotatable bonds is 9. The van der Waals surface area contributed by atoms with Crippen LogP contribution in [0.4, 0.5) is 0 Å². The lowest BCUT2D eigenvalue weighted by atomic mass is 9.75. The summed E-state index contributed by atoms with van der Waals surface area (Å²) in [6.45, 7) is 4.00. The van der Waals surface area contributed by atoms with Crippen LogP contribution in [0.1, 0.15) is 58.8 Å². The van der Waals surface area contributed by atoms with E-state index in [9.17, 15) is 9.59 Å². The number of unbranched alkanes of at least 4 members (excludes halogenated alkanes) is 2. The van der Waals surface area contributed by atoms with Gasteiger partial charge in [0, 0.05) is 0 Å². The first-order valence-corrected chi connectivity index (χ1v) is 6.15. The number of aliphatic carboxylic acids is 1. The Balaban J connectivity index is 4.89. The van der Waals surface area contributed by atoms with Crippen LogP contribution in [-0.2, 0) is 14.4 Å². The van der Waals surface area contributed by atoms with Crippen molar-refractivity contribution in [3.05, 3.63) is 0 Å². The minimum Gasteiger partial charge on any atom is -0.481 e. The van der Waals surface area contributed by atoms with Gasteiger partial charge in [-0.1, -0.05) is 39.5 Å². The number of hydrogen-bond donors (Lipinski definition) is 2. The molecule has 100 valence electrons. The fourth-order valence-electron chi connectivity index (χ4n) is 2.02. The molecule has 0 radical (unpaired) electrons. The van der Waals surface area contributed by atoms with Crippen molar-refractivity contribution in [1.29, 1.82) is 0 Å². The highest BCUT2D eigenvalue weighted by Crippen LogP contribution is 2.36. The van der Waals surface area contributed by atoms with Crippen LogP contribution in [0, 0.1) is 5.41 Å². The molecule has 0 rings (SSSR count). The fourth-order valence-corrected chi connectivity index (χ4v) is 2.02. The summed E-state index contributed by atoms with van der Waals surface area (Å²) in [5.41, 5.74) is -0.952. The van der Waals surface area contributed by atoms with Gasteiger partial charge in [-0.05, 0) is 12.8 Å². The third kappa shape index (κ3) is 5.17. The summed E-state index contributed by atoms with van der Waals surface area (Å²) in [6.07, 6.45) is 4.25. The Hall–Kier alpha value is -1.10. The maximum absolute atomic E-state index is 11.8. The maximum atomic E-state index is 11.8. The van der Waals surface area contributed by atoms with E-state index in [1.54, 1.807) is 0 Å². The molecule has 5 heteroatoms. The molecule has 0 saturated heterocycles. The van der Waals surface area contributed by atoms with Crippen LogP contribution in [0.3, 0.4) is 0 Å². The summed E-state index contributed by atoms with van der Waals surface area (Å²) in [5.74, 6) is 3.36. The fraction of sp³-hybridized carbons (Fsp3) is 0.833. The van der Waals surface area contributed by atoms with Crippen molar-refractivity contribution in [3.63, 3.8) is 0 Å². The van der Waals surface area contributed by atoms with Crippen LogP contribution in [0.25, 0.3) is 0 Å². The Bertz CT molecular complexity index is 245. The first kappa shape index (κ1) is 15.9. The lowest BCUT2D eigenvalue weighted by molar-refractivity contribution is -0.163. The second kappa shape index (κ2) is 8.06. The van der Waals surface area contributed by atoms with Crippen LogP contribution in [-0.4, -0.2) is 17.0 Å². The molecular formula is C12H23NO4. The smallest absolute Gasteiger partial charge is 0.331 e. The van der Waals surface area contributed by atoms with Crippen molar-refractivity contribution >= 4 is 11.9 Å². The van der Waals surface area contributed by atoms with Gasteiger partial charge in [0.2, 0.25) is 0 Å². The topological polar surface area (TPSA) is 89.6 Å². The molecule has 0 saturated carbocycles. The largest absolute Gasteiger partial charge is 0.481 e. The molecule has 5 nitrogen and oxygen atoms in total. The summed E-state index contributed by atoms with van der Waals surface area (Å²) in [7, 11) is 0. The Morgan fingerprint density at radius 2 is 1.65 bits per heavy atom. The number of carboxylic acids is 1. The summed E-state index contributed by atoms with van der Waals surface area (Å²) in [6, 6.07) is 0. The molecule has 0 aromatic rings. The highest BCUT2D eigenvalue weighted by Gasteiger charge is 2.40. The average molecular weight is 245 g/mol. The van der Waals surface area contributed by atoms with Gasteiger partial charge in [-0.3, -0.25) is 4.79 Å². The molecule has 0 bridgehead atoms. The highest BCUT2D eigenvalue weighted by atomic mass is 16.7. The van der Waals surface area contributed by atoms with Gasteiger partial charge in [0.05, 0.1) is 11.8 Å². The molecule has 0 fully saturated rings. The van der Waals surface area contributed by atoms with Crippen LogP contribution >= 0.6 is 0 Å². The number of nitrogens with two attached hydrogens (primary N) is 1. The van der Waals surface area contributed by atoms with E-state index in [1.807, 2.05) is 13.8 Å². The van der Waals surface area contributed by atoms with Crippen molar-refractivity contribution < 1.29 is 19.5 Å². The molecular weight excluding hydrogens is 222 g/mol.